The van der Waals surface area contributed by atoms with Crippen molar-refractivity contribution >= 4 is 17.9 Å². The molecule has 0 aromatic rings. The SMILES string of the molecule is CCC(NC(=O)N1CC(C)CC(C(=O)O)C1)C(=O)N1CCOCC1. The lowest BCUT2D eigenvalue weighted by Gasteiger charge is -2.36. The van der Waals surface area contributed by atoms with Gasteiger partial charge in [0.1, 0.15) is 6.04 Å². The van der Waals surface area contributed by atoms with E-state index in [0.717, 1.165) is 0 Å². The smallest absolute Gasteiger partial charge is 0.318 e. The lowest BCUT2D eigenvalue weighted by molar-refractivity contribution is -0.144. The fraction of sp³-hybridized carbons (Fsp3) is 0.812. The first-order chi connectivity index (χ1) is 11.4. The molecule has 0 aromatic heterocycles. The number of piperidine rings is 1. The van der Waals surface area contributed by atoms with E-state index in [4.69, 9.17) is 4.74 Å². The third kappa shape index (κ3) is 4.59. The first-order valence-electron chi connectivity index (χ1n) is 8.57. The van der Waals surface area contributed by atoms with Gasteiger partial charge in [0.05, 0.1) is 19.1 Å². The zero-order chi connectivity index (χ0) is 17.7. The predicted molar refractivity (Wildman–Crippen MR) is 86.5 cm³/mol. The molecule has 0 saturated carbocycles. The van der Waals surface area contributed by atoms with Gasteiger partial charge in [0.15, 0.2) is 0 Å². The summed E-state index contributed by atoms with van der Waals surface area (Å²) in [5, 5.41) is 12.0. The molecule has 0 radical (unpaired) electrons. The van der Waals surface area contributed by atoms with E-state index < -0.39 is 17.9 Å². The summed E-state index contributed by atoms with van der Waals surface area (Å²) >= 11 is 0. The van der Waals surface area contributed by atoms with E-state index in [1.165, 1.54) is 4.90 Å². The number of likely N-dealkylation sites (tertiary alicyclic amines) is 1. The minimum Gasteiger partial charge on any atom is -0.481 e. The Hall–Kier alpha value is -1.83. The van der Waals surface area contributed by atoms with Crippen LogP contribution in [0.25, 0.3) is 0 Å². The number of nitrogens with one attached hydrogen (secondary N) is 1. The lowest BCUT2D eigenvalue weighted by Crippen LogP contribution is -2.56. The highest BCUT2D eigenvalue weighted by Gasteiger charge is 2.34. The Morgan fingerprint density at radius 2 is 1.88 bits per heavy atom. The second-order valence-corrected chi connectivity index (χ2v) is 6.63. The van der Waals surface area contributed by atoms with Crippen LogP contribution in [0.15, 0.2) is 0 Å². The van der Waals surface area contributed by atoms with Crippen LogP contribution in [0.3, 0.4) is 0 Å². The largest absolute Gasteiger partial charge is 0.481 e. The number of hydrogen-bond acceptors (Lipinski definition) is 4. The van der Waals surface area contributed by atoms with E-state index >= 15 is 0 Å². The molecule has 0 aromatic carbocycles. The zero-order valence-electron chi connectivity index (χ0n) is 14.4. The van der Waals surface area contributed by atoms with Crippen LogP contribution in [-0.4, -0.2) is 78.2 Å². The van der Waals surface area contributed by atoms with Gasteiger partial charge in [0, 0.05) is 26.2 Å². The van der Waals surface area contributed by atoms with Crippen molar-refractivity contribution in [1.29, 1.82) is 0 Å². The monoisotopic (exact) mass is 341 g/mol. The normalized spacial score (nSPS) is 25.9. The van der Waals surface area contributed by atoms with Gasteiger partial charge < -0.3 is 25.0 Å². The molecule has 0 aliphatic carbocycles. The third-order valence-corrected chi connectivity index (χ3v) is 4.62. The minimum atomic E-state index is -0.879. The van der Waals surface area contributed by atoms with Crippen molar-refractivity contribution in [2.24, 2.45) is 11.8 Å². The maximum atomic E-state index is 12.5. The minimum absolute atomic E-state index is 0.103. The first kappa shape index (κ1) is 18.5. The topological polar surface area (TPSA) is 99.2 Å². The lowest BCUT2D eigenvalue weighted by atomic mass is 9.91. The molecule has 2 saturated heterocycles. The van der Waals surface area contributed by atoms with Crippen LogP contribution in [0.2, 0.25) is 0 Å². The number of rotatable bonds is 4. The van der Waals surface area contributed by atoms with Gasteiger partial charge in [-0.1, -0.05) is 13.8 Å². The van der Waals surface area contributed by atoms with Crippen LogP contribution in [0.1, 0.15) is 26.7 Å². The van der Waals surface area contributed by atoms with Crippen LogP contribution in [0.4, 0.5) is 4.79 Å². The molecule has 3 unspecified atom stereocenters. The Balaban J connectivity index is 1.95. The first-order valence-corrected chi connectivity index (χ1v) is 8.57. The number of morpholine rings is 1. The number of carboxylic acid groups (broad SMARTS) is 1. The number of aliphatic carboxylic acids is 1. The van der Waals surface area contributed by atoms with Gasteiger partial charge in [0.2, 0.25) is 5.91 Å². The van der Waals surface area contributed by atoms with Crippen LogP contribution in [-0.2, 0) is 14.3 Å². The fourth-order valence-electron chi connectivity index (χ4n) is 3.28. The van der Waals surface area contributed by atoms with Crippen LogP contribution in [0, 0.1) is 11.8 Å². The summed E-state index contributed by atoms with van der Waals surface area (Å²) in [5.41, 5.74) is 0. The second-order valence-electron chi connectivity index (χ2n) is 6.63. The van der Waals surface area contributed by atoms with E-state index in [2.05, 4.69) is 5.32 Å². The molecule has 2 rings (SSSR count). The summed E-state index contributed by atoms with van der Waals surface area (Å²) in [5.74, 6) is -1.40. The van der Waals surface area contributed by atoms with Gasteiger partial charge in [-0.2, -0.15) is 0 Å². The van der Waals surface area contributed by atoms with E-state index in [9.17, 15) is 19.5 Å². The Morgan fingerprint density at radius 1 is 1.21 bits per heavy atom. The van der Waals surface area contributed by atoms with Gasteiger partial charge in [-0.3, -0.25) is 9.59 Å². The predicted octanol–water partition coefficient (Wildman–Crippen LogP) is 0.376. The number of urea groups is 1. The van der Waals surface area contributed by atoms with Gasteiger partial charge in [-0.25, -0.2) is 4.79 Å². The number of amides is 3. The average molecular weight is 341 g/mol. The van der Waals surface area contributed by atoms with Gasteiger partial charge in [-0.15, -0.1) is 0 Å². The Kier molecular flexibility index (Phi) is 6.42. The van der Waals surface area contributed by atoms with Crippen molar-refractivity contribution in [1.82, 2.24) is 15.1 Å². The molecule has 136 valence electrons. The summed E-state index contributed by atoms with van der Waals surface area (Å²) in [6.07, 6.45) is 1.07. The van der Waals surface area contributed by atoms with Crippen LogP contribution >= 0.6 is 0 Å². The molecule has 2 heterocycles. The summed E-state index contributed by atoms with van der Waals surface area (Å²) in [4.78, 5) is 39.5. The summed E-state index contributed by atoms with van der Waals surface area (Å²) in [6.45, 7) is 6.58. The molecule has 8 heteroatoms. The standard InChI is InChI=1S/C16H27N3O5/c1-3-13(14(20)18-4-6-24-7-5-18)17-16(23)19-9-11(2)8-12(10-19)15(21)22/h11-13H,3-10H2,1-2H3,(H,17,23)(H,21,22). The Morgan fingerprint density at radius 3 is 2.46 bits per heavy atom. The molecule has 2 aliphatic heterocycles. The molecule has 2 N–H and O–H groups in total. The number of hydrogen-bond donors (Lipinski definition) is 2. The van der Waals surface area contributed by atoms with E-state index in [-0.39, 0.29) is 24.4 Å². The second kappa shape index (κ2) is 8.32. The van der Waals surface area contributed by atoms with Gasteiger partial charge in [0.25, 0.3) is 0 Å². The highest BCUT2D eigenvalue weighted by Crippen LogP contribution is 2.22. The average Bonchev–Trinajstić information content (AvgIpc) is 2.59. The maximum absolute atomic E-state index is 12.5. The van der Waals surface area contributed by atoms with Gasteiger partial charge >= 0.3 is 12.0 Å². The molecular formula is C16H27N3O5. The number of ether oxygens (including phenoxy) is 1. The third-order valence-electron chi connectivity index (χ3n) is 4.62. The fourth-order valence-corrected chi connectivity index (χ4v) is 3.28. The van der Waals surface area contributed by atoms with Crippen molar-refractivity contribution in [3.05, 3.63) is 0 Å². The van der Waals surface area contributed by atoms with Crippen molar-refractivity contribution in [2.45, 2.75) is 32.7 Å². The van der Waals surface area contributed by atoms with Crippen molar-refractivity contribution < 1.29 is 24.2 Å². The van der Waals surface area contributed by atoms with Crippen LogP contribution in [0.5, 0.6) is 0 Å². The summed E-state index contributed by atoms with van der Waals surface area (Å²) < 4.78 is 5.24. The quantitative estimate of drug-likeness (QED) is 0.770. The van der Waals surface area contributed by atoms with Crippen LogP contribution < -0.4 is 5.32 Å². The van der Waals surface area contributed by atoms with E-state index in [1.807, 2.05) is 13.8 Å². The maximum Gasteiger partial charge on any atom is 0.318 e. The number of carbonyl (C=O) groups excluding carboxylic acids is 2. The summed E-state index contributed by atoms with van der Waals surface area (Å²) in [6, 6.07) is -0.947. The Bertz CT molecular complexity index is 478. The molecule has 24 heavy (non-hydrogen) atoms. The highest BCUT2D eigenvalue weighted by atomic mass is 16.5. The molecule has 3 atom stereocenters. The molecule has 0 bridgehead atoms. The van der Waals surface area contributed by atoms with E-state index in [1.54, 1.807) is 4.90 Å². The molecule has 3 amide bonds. The molecule has 8 nitrogen and oxygen atoms in total. The summed E-state index contributed by atoms with van der Waals surface area (Å²) in [7, 11) is 0. The Labute approximate surface area is 142 Å². The van der Waals surface area contributed by atoms with E-state index in [0.29, 0.717) is 45.7 Å². The molecular weight excluding hydrogens is 314 g/mol. The van der Waals surface area contributed by atoms with Crippen molar-refractivity contribution in [2.75, 3.05) is 39.4 Å². The highest BCUT2D eigenvalue weighted by molar-refractivity contribution is 5.87. The molecule has 2 fully saturated rings. The molecule has 2 aliphatic rings. The number of carbonyl (C=O) groups is 3. The zero-order valence-corrected chi connectivity index (χ0v) is 14.4. The molecule has 0 spiro atoms. The van der Waals surface area contributed by atoms with Gasteiger partial charge in [-0.05, 0) is 18.8 Å². The van der Waals surface area contributed by atoms with Crippen molar-refractivity contribution in [3.8, 4) is 0 Å². The number of nitrogens with zero attached hydrogens (tertiary/aromatic N) is 2. The van der Waals surface area contributed by atoms with Crippen molar-refractivity contribution in [3.63, 3.8) is 0 Å². The number of carboxylic acids is 1.